The Morgan fingerprint density at radius 3 is 2.95 bits per heavy atom. The van der Waals surface area contributed by atoms with Crippen LogP contribution in [0.15, 0.2) is 28.9 Å². The third-order valence-electron chi connectivity index (χ3n) is 3.07. The van der Waals surface area contributed by atoms with Crippen LogP contribution in [0.25, 0.3) is 10.9 Å². The van der Waals surface area contributed by atoms with E-state index in [4.69, 9.17) is 10.3 Å². The van der Waals surface area contributed by atoms with Crippen LogP contribution in [0.3, 0.4) is 0 Å². The van der Waals surface area contributed by atoms with Crippen molar-refractivity contribution in [2.45, 2.75) is 13.5 Å². The van der Waals surface area contributed by atoms with E-state index in [-0.39, 0.29) is 0 Å². The number of nitrogens with zero attached hydrogens (tertiary/aromatic N) is 3. The number of nitrogens with one attached hydrogen (secondary N) is 1. The van der Waals surface area contributed by atoms with Gasteiger partial charge in [-0.1, -0.05) is 5.16 Å². The maximum Gasteiger partial charge on any atom is 0.133 e. The predicted molar refractivity (Wildman–Crippen MR) is 73.9 cm³/mol. The monoisotopic (exact) mass is 257 g/mol. The molecule has 2 heterocycles. The summed E-state index contributed by atoms with van der Waals surface area (Å²) in [6, 6.07) is 5.82. The second-order valence-electron chi connectivity index (χ2n) is 4.65. The minimum atomic E-state index is 0.640. The minimum absolute atomic E-state index is 0.640. The molecule has 0 atom stereocenters. The van der Waals surface area contributed by atoms with Crippen LogP contribution in [0, 0.1) is 6.92 Å². The lowest BCUT2D eigenvalue weighted by Gasteiger charge is -2.19. The van der Waals surface area contributed by atoms with E-state index in [1.54, 1.807) is 6.20 Å². The molecule has 0 aliphatic heterocycles. The van der Waals surface area contributed by atoms with Crippen molar-refractivity contribution in [2.24, 2.45) is 0 Å². The van der Waals surface area contributed by atoms with Crippen molar-refractivity contribution in [2.75, 3.05) is 17.7 Å². The van der Waals surface area contributed by atoms with Gasteiger partial charge >= 0.3 is 0 Å². The Labute approximate surface area is 110 Å². The first-order valence-electron chi connectivity index (χ1n) is 5.99. The number of H-pyrrole nitrogens is 1. The summed E-state index contributed by atoms with van der Waals surface area (Å²) in [5.74, 6) is 0.806. The lowest BCUT2D eigenvalue weighted by Crippen LogP contribution is -2.18. The predicted octanol–water partition coefficient (Wildman–Crippen LogP) is 2.08. The zero-order chi connectivity index (χ0) is 13.4. The van der Waals surface area contributed by atoms with Gasteiger partial charge in [-0.3, -0.25) is 5.10 Å². The lowest BCUT2D eigenvalue weighted by atomic mass is 10.2. The summed E-state index contributed by atoms with van der Waals surface area (Å²) >= 11 is 0. The highest BCUT2D eigenvalue weighted by atomic mass is 16.5. The molecule has 3 aromatic rings. The van der Waals surface area contributed by atoms with Crippen molar-refractivity contribution in [1.29, 1.82) is 0 Å². The van der Waals surface area contributed by atoms with E-state index in [2.05, 4.69) is 15.4 Å². The number of benzene rings is 1. The Kier molecular flexibility index (Phi) is 2.63. The third-order valence-corrected chi connectivity index (χ3v) is 3.07. The first-order valence-corrected chi connectivity index (χ1v) is 5.99. The van der Waals surface area contributed by atoms with E-state index < -0.39 is 0 Å². The molecule has 1 aromatic carbocycles. The van der Waals surface area contributed by atoms with Crippen LogP contribution in [0.1, 0.15) is 11.5 Å². The summed E-state index contributed by atoms with van der Waals surface area (Å²) in [6.45, 7) is 2.52. The molecule has 6 nitrogen and oxygen atoms in total. The Morgan fingerprint density at radius 2 is 2.21 bits per heavy atom. The van der Waals surface area contributed by atoms with Crippen LogP contribution < -0.4 is 10.6 Å². The van der Waals surface area contributed by atoms with E-state index in [0.29, 0.717) is 6.54 Å². The molecule has 0 aliphatic carbocycles. The van der Waals surface area contributed by atoms with Gasteiger partial charge in [0.1, 0.15) is 11.5 Å². The number of hydrogen-bond donors (Lipinski definition) is 2. The summed E-state index contributed by atoms with van der Waals surface area (Å²) in [7, 11) is 1.97. The van der Waals surface area contributed by atoms with E-state index >= 15 is 0 Å². The zero-order valence-electron chi connectivity index (χ0n) is 10.8. The average molecular weight is 257 g/mol. The van der Waals surface area contributed by atoms with Crippen molar-refractivity contribution in [3.63, 3.8) is 0 Å². The van der Waals surface area contributed by atoms with Crippen LogP contribution in [-0.2, 0) is 6.54 Å². The van der Waals surface area contributed by atoms with Crippen LogP contribution in [-0.4, -0.2) is 22.4 Å². The molecule has 0 unspecified atom stereocenters. The summed E-state index contributed by atoms with van der Waals surface area (Å²) in [6.07, 6.45) is 1.76. The molecule has 6 heteroatoms. The summed E-state index contributed by atoms with van der Waals surface area (Å²) in [5.41, 5.74) is 9.58. The largest absolute Gasteiger partial charge is 0.397 e. The Morgan fingerprint density at radius 1 is 1.37 bits per heavy atom. The molecule has 0 radical (unpaired) electrons. The summed E-state index contributed by atoms with van der Waals surface area (Å²) in [5, 5.41) is 11.9. The molecular formula is C13H15N5O. The molecular weight excluding hydrogens is 242 g/mol. The van der Waals surface area contributed by atoms with Crippen molar-refractivity contribution in [3.05, 3.63) is 35.9 Å². The molecule has 0 bridgehead atoms. The fourth-order valence-electron chi connectivity index (χ4n) is 2.15. The highest BCUT2D eigenvalue weighted by Gasteiger charge is 2.10. The van der Waals surface area contributed by atoms with Gasteiger partial charge in [0.2, 0.25) is 0 Å². The normalized spacial score (nSPS) is 11.1. The van der Waals surface area contributed by atoms with Gasteiger partial charge in [-0.05, 0) is 19.1 Å². The molecule has 3 rings (SSSR count). The maximum absolute atomic E-state index is 6.08. The molecule has 0 saturated heterocycles. The van der Waals surface area contributed by atoms with Crippen molar-refractivity contribution < 1.29 is 4.52 Å². The van der Waals surface area contributed by atoms with E-state index in [1.807, 2.05) is 37.1 Å². The molecule has 98 valence electrons. The smallest absolute Gasteiger partial charge is 0.133 e. The van der Waals surface area contributed by atoms with Crippen molar-refractivity contribution >= 4 is 22.3 Å². The number of aromatic nitrogens is 3. The topological polar surface area (TPSA) is 84.0 Å². The molecule has 0 spiro atoms. The van der Waals surface area contributed by atoms with E-state index in [0.717, 1.165) is 33.7 Å². The van der Waals surface area contributed by atoms with Crippen LogP contribution in [0.2, 0.25) is 0 Å². The number of fused-ring (bicyclic) bond motifs is 1. The molecule has 2 aromatic heterocycles. The second-order valence-corrected chi connectivity index (χ2v) is 4.65. The van der Waals surface area contributed by atoms with Gasteiger partial charge in [0.15, 0.2) is 0 Å². The highest BCUT2D eigenvalue weighted by Crippen LogP contribution is 2.28. The molecule has 0 fully saturated rings. The SMILES string of the molecule is Cc1cc(CN(C)c2cc3[nH]ncc3cc2N)no1. The average Bonchev–Trinajstić information content (AvgIpc) is 2.96. The quantitative estimate of drug-likeness (QED) is 0.702. The molecule has 0 aliphatic rings. The number of nitrogen functional groups attached to an aromatic ring is 1. The van der Waals surface area contributed by atoms with Crippen molar-refractivity contribution in [1.82, 2.24) is 15.4 Å². The van der Waals surface area contributed by atoms with E-state index in [9.17, 15) is 0 Å². The number of hydrogen-bond acceptors (Lipinski definition) is 5. The number of aromatic amines is 1. The summed E-state index contributed by atoms with van der Waals surface area (Å²) in [4.78, 5) is 2.03. The lowest BCUT2D eigenvalue weighted by molar-refractivity contribution is 0.390. The van der Waals surface area contributed by atoms with E-state index in [1.165, 1.54) is 0 Å². The first kappa shape index (κ1) is 11.6. The molecule has 0 amide bonds. The van der Waals surface area contributed by atoms with Gasteiger partial charge < -0.3 is 15.2 Å². The van der Waals surface area contributed by atoms with Gasteiger partial charge in [0, 0.05) is 18.5 Å². The maximum atomic E-state index is 6.08. The summed E-state index contributed by atoms with van der Waals surface area (Å²) < 4.78 is 5.07. The Balaban J connectivity index is 1.91. The number of anilines is 2. The third kappa shape index (κ3) is 2.12. The van der Waals surface area contributed by atoms with Gasteiger partial charge in [-0.15, -0.1) is 0 Å². The molecule has 3 N–H and O–H groups in total. The Bertz CT molecular complexity index is 715. The first-order chi connectivity index (χ1) is 9.13. The number of rotatable bonds is 3. The van der Waals surface area contributed by atoms with Crippen LogP contribution in [0.5, 0.6) is 0 Å². The minimum Gasteiger partial charge on any atom is -0.397 e. The standard InChI is InChI=1S/C13H15N5O/c1-8-3-10(17-19-8)7-18(2)13-5-12-9(4-11(13)14)6-15-16-12/h3-6H,7,14H2,1-2H3,(H,15,16). The van der Waals surface area contributed by atoms with Crippen LogP contribution >= 0.6 is 0 Å². The zero-order valence-corrected chi connectivity index (χ0v) is 10.8. The second kappa shape index (κ2) is 4.31. The van der Waals surface area contributed by atoms with Gasteiger partial charge in [0.05, 0.1) is 29.6 Å². The van der Waals surface area contributed by atoms with Gasteiger partial charge in [0.25, 0.3) is 0 Å². The molecule has 0 saturated carbocycles. The van der Waals surface area contributed by atoms with Gasteiger partial charge in [-0.2, -0.15) is 5.10 Å². The highest BCUT2D eigenvalue weighted by molar-refractivity contribution is 5.88. The van der Waals surface area contributed by atoms with Crippen molar-refractivity contribution in [3.8, 4) is 0 Å². The number of aryl methyl sites for hydroxylation is 1. The fraction of sp³-hybridized carbons (Fsp3) is 0.231. The van der Waals surface area contributed by atoms with Crippen LogP contribution in [0.4, 0.5) is 11.4 Å². The fourth-order valence-corrected chi connectivity index (χ4v) is 2.15. The Hall–Kier alpha value is -2.50. The molecule has 19 heavy (non-hydrogen) atoms. The van der Waals surface area contributed by atoms with Gasteiger partial charge in [-0.25, -0.2) is 0 Å². The number of nitrogens with two attached hydrogens (primary N) is 1.